The van der Waals surface area contributed by atoms with E-state index >= 15 is 0 Å². The van der Waals surface area contributed by atoms with Gasteiger partial charge in [-0.3, -0.25) is 9.69 Å². The average molecular weight is 473 g/mol. The van der Waals surface area contributed by atoms with E-state index in [4.69, 9.17) is 21.1 Å². The maximum Gasteiger partial charge on any atom is 0.225 e. The highest BCUT2D eigenvalue weighted by Crippen LogP contribution is 2.29. The lowest BCUT2D eigenvalue weighted by Crippen LogP contribution is -2.57. The number of piperidine rings is 1. The standard InChI is InChI=1S/C26H33ClN2O4/c1-20-5-10-24(30)21(15-20)17-28-13-14-33-26(18-28,16-25(31)29-11-3-2-4-12-29)19-32-23-8-6-22(27)7-9-23/h5-10,15,30H,2-4,11-14,16-19H2,1H3/t26-/m0/s1. The molecule has 2 aliphatic rings. The number of likely N-dealkylation sites (tertiary alicyclic amines) is 1. The van der Waals surface area contributed by atoms with Gasteiger partial charge in [-0.25, -0.2) is 0 Å². The van der Waals surface area contributed by atoms with Gasteiger partial charge in [-0.15, -0.1) is 0 Å². The van der Waals surface area contributed by atoms with Crippen molar-refractivity contribution in [3.63, 3.8) is 0 Å². The maximum absolute atomic E-state index is 13.2. The molecule has 0 saturated carbocycles. The van der Waals surface area contributed by atoms with E-state index in [1.54, 1.807) is 18.2 Å². The fourth-order valence-electron chi connectivity index (χ4n) is 4.66. The molecule has 0 unspecified atom stereocenters. The van der Waals surface area contributed by atoms with E-state index in [1.807, 2.05) is 36.1 Å². The minimum Gasteiger partial charge on any atom is -0.508 e. The van der Waals surface area contributed by atoms with Gasteiger partial charge in [-0.2, -0.15) is 0 Å². The molecule has 1 amide bonds. The van der Waals surface area contributed by atoms with Crippen LogP contribution in [-0.4, -0.2) is 65.8 Å². The Balaban J connectivity index is 1.50. The number of carbonyl (C=O) groups excluding carboxylic acids is 1. The Labute approximate surface area is 201 Å². The fourth-order valence-corrected chi connectivity index (χ4v) is 4.79. The number of phenolic OH excluding ortho intramolecular Hbond substituents is 1. The molecule has 0 aliphatic carbocycles. The lowest BCUT2D eigenvalue weighted by atomic mass is 9.95. The van der Waals surface area contributed by atoms with Crippen molar-refractivity contribution in [3.8, 4) is 11.5 Å². The van der Waals surface area contributed by atoms with Crippen LogP contribution in [-0.2, 0) is 16.1 Å². The van der Waals surface area contributed by atoms with Crippen LogP contribution in [0.25, 0.3) is 0 Å². The van der Waals surface area contributed by atoms with Crippen LogP contribution in [0.2, 0.25) is 5.02 Å². The molecule has 4 rings (SSSR count). The number of morpholine rings is 1. The summed E-state index contributed by atoms with van der Waals surface area (Å²) in [6.45, 7) is 6.29. The molecule has 2 fully saturated rings. The first kappa shape index (κ1) is 23.9. The van der Waals surface area contributed by atoms with Gasteiger partial charge in [0.25, 0.3) is 0 Å². The van der Waals surface area contributed by atoms with Crippen molar-refractivity contribution < 1.29 is 19.4 Å². The summed E-state index contributed by atoms with van der Waals surface area (Å²) in [5.41, 5.74) is 1.23. The highest BCUT2D eigenvalue weighted by atomic mass is 35.5. The fraction of sp³-hybridized carbons (Fsp3) is 0.500. The third-order valence-electron chi connectivity index (χ3n) is 6.45. The smallest absolute Gasteiger partial charge is 0.225 e. The topological polar surface area (TPSA) is 62.2 Å². The van der Waals surface area contributed by atoms with Crippen LogP contribution >= 0.6 is 11.6 Å². The first-order valence-electron chi connectivity index (χ1n) is 11.7. The van der Waals surface area contributed by atoms with Crippen LogP contribution < -0.4 is 4.74 Å². The molecule has 1 N–H and O–H groups in total. The number of amides is 1. The van der Waals surface area contributed by atoms with Gasteiger partial charge in [0.05, 0.1) is 13.0 Å². The van der Waals surface area contributed by atoms with Crippen molar-refractivity contribution in [2.24, 2.45) is 0 Å². The summed E-state index contributed by atoms with van der Waals surface area (Å²) < 4.78 is 12.4. The van der Waals surface area contributed by atoms with Gasteiger partial charge in [-0.1, -0.05) is 29.3 Å². The number of carbonyl (C=O) groups is 1. The third kappa shape index (κ3) is 6.40. The molecule has 7 heteroatoms. The number of ether oxygens (including phenoxy) is 2. The molecule has 2 heterocycles. The van der Waals surface area contributed by atoms with Crippen LogP contribution in [0.15, 0.2) is 42.5 Å². The second-order valence-corrected chi connectivity index (χ2v) is 9.67. The van der Waals surface area contributed by atoms with Crippen LogP contribution in [0.4, 0.5) is 0 Å². The average Bonchev–Trinajstić information content (AvgIpc) is 2.82. The molecular formula is C26H33ClN2O4. The summed E-state index contributed by atoms with van der Waals surface area (Å²) >= 11 is 6.01. The molecule has 0 spiro atoms. The third-order valence-corrected chi connectivity index (χ3v) is 6.71. The second-order valence-electron chi connectivity index (χ2n) is 9.24. The zero-order valence-electron chi connectivity index (χ0n) is 19.3. The summed E-state index contributed by atoms with van der Waals surface area (Å²) in [5, 5.41) is 11.0. The first-order chi connectivity index (χ1) is 15.9. The zero-order chi connectivity index (χ0) is 23.3. The number of aryl methyl sites for hydroxylation is 1. The van der Waals surface area contributed by atoms with Crippen LogP contribution in [0.3, 0.4) is 0 Å². The lowest BCUT2D eigenvalue weighted by molar-refractivity contribution is -0.157. The number of nitrogens with zero attached hydrogens (tertiary/aromatic N) is 2. The summed E-state index contributed by atoms with van der Waals surface area (Å²) in [6, 6.07) is 12.9. The maximum atomic E-state index is 13.2. The number of hydrogen-bond donors (Lipinski definition) is 1. The molecule has 0 radical (unpaired) electrons. The van der Waals surface area contributed by atoms with E-state index in [1.165, 1.54) is 6.42 Å². The molecule has 0 bridgehead atoms. The van der Waals surface area contributed by atoms with E-state index in [0.717, 1.165) is 43.6 Å². The van der Waals surface area contributed by atoms with Gasteiger partial charge in [-0.05, 0) is 56.5 Å². The molecular weight excluding hydrogens is 440 g/mol. The molecule has 2 saturated heterocycles. The Hall–Kier alpha value is -2.28. The molecule has 2 aliphatic heterocycles. The predicted octanol–water partition coefficient (Wildman–Crippen LogP) is 4.41. The first-order valence-corrected chi connectivity index (χ1v) is 12.1. The van der Waals surface area contributed by atoms with E-state index in [-0.39, 0.29) is 18.9 Å². The predicted molar refractivity (Wildman–Crippen MR) is 129 cm³/mol. The van der Waals surface area contributed by atoms with E-state index in [9.17, 15) is 9.90 Å². The number of halogens is 1. The monoisotopic (exact) mass is 472 g/mol. The Morgan fingerprint density at radius 1 is 1.12 bits per heavy atom. The number of aromatic hydroxyl groups is 1. The number of hydrogen-bond acceptors (Lipinski definition) is 5. The molecule has 2 aromatic rings. The van der Waals surface area contributed by atoms with E-state index < -0.39 is 5.60 Å². The normalized spacial score (nSPS) is 21.7. The molecule has 178 valence electrons. The Kier molecular flexibility index (Phi) is 7.78. The quantitative estimate of drug-likeness (QED) is 0.646. The summed E-state index contributed by atoms with van der Waals surface area (Å²) in [7, 11) is 0. The van der Waals surface area contributed by atoms with Gasteiger partial charge in [0.2, 0.25) is 5.91 Å². The molecule has 6 nitrogen and oxygen atoms in total. The zero-order valence-corrected chi connectivity index (χ0v) is 20.0. The van der Waals surface area contributed by atoms with Crippen LogP contribution in [0, 0.1) is 6.92 Å². The van der Waals surface area contributed by atoms with Crippen molar-refractivity contribution >= 4 is 17.5 Å². The molecule has 0 aromatic heterocycles. The minimum absolute atomic E-state index is 0.120. The highest BCUT2D eigenvalue weighted by molar-refractivity contribution is 6.30. The van der Waals surface area contributed by atoms with Gasteiger partial charge in [0.1, 0.15) is 23.7 Å². The number of benzene rings is 2. The van der Waals surface area contributed by atoms with Gasteiger partial charge in [0, 0.05) is 43.3 Å². The summed E-state index contributed by atoms with van der Waals surface area (Å²) in [6.07, 6.45) is 3.56. The number of phenols is 1. The summed E-state index contributed by atoms with van der Waals surface area (Å²) in [5.74, 6) is 1.11. The van der Waals surface area contributed by atoms with Gasteiger partial charge >= 0.3 is 0 Å². The molecule has 2 aromatic carbocycles. The van der Waals surface area contributed by atoms with E-state index in [0.29, 0.717) is 36.2 Å². The van der Waals surface area contributed by atoms with E-state index in [2.05, 4.69) is 4.90 Å². The second kappa shape index (κ2) is 10.8. The lowest BCUT2D eigenvalue weighted by Gasteiger charge is -2.43. The highest BCUT2D eigenvalue weighted by Gasteiger charge is 2.41. The van der Waals surface area contributed by atoms with Crippen molar-refractivity contribution in [2.75, 3.05) is 39.4 Å². The van der Waals surface area contributed by atoms with Gasteiger partial charge in [0.15, 0.2) is 0 Å². The molecule has 1 atom stereocenters. The minimum atomic E-state index is -0.758. The Bertz CT molecular complexity index is 946. The van der Waals surface area contributed by atoms with Crippen molar-refractivity contribution in [1.29, 1.82) is 0 Å². The Morgan fingerprint density at radius 2 is 1.88 bits per heavy atom. The van der Waals surface area contributed by atoms with Crippen LogP contribution in [0.1, 0.15) is 36.8 Å². The number of rotatable bonds is 7. The Morgan fingerprint density at radius 3 is 2.64 bits per heavy atom. The summed E-state index contributed by atoms with van der Waals surface area (Å²) in [4.78, 5) is 17.4. The largest absolute Gasteiger partial charge is 0.508 e. The van der Waals surface area contributed by atoms with Crippen molar-refractivity contribution in [1.82, 2.24) is 9.80 Å². The van der Waals surface area contributed by atoms with Crippen LogP contribution in [0.5, 0.6) is 11.5 Å². The van der Waals surface area contributed by atoms with Crippen molar-refractivity contribution in [2.45, 2.75) is 44.8 Å². The SMILES string of the molecule is Cc1ccc(O)c(CN2CCO[C@@](COc3ccc(Cl)cc3)(CC(=O)N3CCCCC3)C2)c1. The van der Waals surface area contributed by atoms with Crippen molar-refractivity contribution in [3.05, 3.63) is 58.6 Å². The van der Waals surface area contributed by atoms with Gasteiger partial charge < -0.3 is 19.5 Å². The molecule has 33 heavy (non-hydrogen) atoms.